The van der Waals surface area contributed by atoms with Crippen molar-refractivity contribution in [2.45, 2.75) is 0 Å². The molecule has 0 saturated heterocycles. The van der Waals surface area contributed by atoms with E-state index in [0.29, 0.717) is 5.52 Å². The Labute approximate surface area is 72.8 Å². The lowest BCUT2D eigenvalue weighted by atomic mass is 10.2. The van der Waals surface area contributed by atoms with Crippen molar-refractivity contribution in [3.8, 4) is 0 Å². The molecule has 0 aliphatic heterocycles. The molecule has 2 N–H and O–H groups in total. The van der Waals surface area contributed by atoms with Crippen LogP contribution in [0, 0.1) is 5.82 Å². The normalized spacial score (nSPS) is 10.5. The van der Waals surface area contributed by atoms with Gasteiger partial charge in [-0.1, -0.05) is 0 Å². The first kappa shape index (κ1) is 7.72. The third-order valence-corrected chi connectivity index (χ3v) is 1.75. The third-order valence-electron chi connectivity index (χ3n) is 1.75. The smallest absolute Gasteiger partial charge is 0.251 e. The molecule has 0 spiro atoms. The Morgan fingerprint density at radius 3 is 3.08 bits per heavy atom. The van der Waals surface area contributed by atoms with Gasteiger partial charge in [0.25, 0.3) is 5.91 Å². The molecule has 0 aromatic carbocycles. The first-order chi connectivity index (χ1) is 6.18. The van der Waals surface area contributed by atoms with Crippen molar-refractivity contribution >= 4 is 11.4 Å². The van der Waals surface area contributed by atoms with E-state index in [4.69, 9.17) is 5.73 Å². The van der Waals surface area contributed by atoms with Gasteiger partial charge in [-0.3, -0.25) is 4.79 Å². The fourth-order valence-corrected chi connectivity index (χ4v) is 1.13. The van der Waals surface area contributed by atoms with E-state index in [1.54, 1.807) is 6.07 Å². The van der Waals surface area contributed by atoms with Gasteiger partial charge in [0.1, 0.15) is 0 Å². The molecule has 2 aromatic rings. The van der Waals surface area contributed by atoms with Gasteiger partial charge in [-0.2, -0.15) is 5.10 Å². The van der Waals surface area contributed by atoms with Crippen LogP contribution in [0.15, 0.2) is 24.5 Å². The van der Waals surface area contributed by atoms with Crippen LogP contribution in [-0.4, -0.2) is 15.5 Å². The second-order valence-corrected chi connectivity index (χ2v) is 2.60. The molecule has 0 atom stereocenters. The van der Waals surface area contributed by atoms with E-state index >= 15 is 0 Å². The number of amides is 1. The standard InChI is InChI=1S/C8H6FN3O/c9-7-4-12-5(1-2-11-12)3-6(7)8(10)13/h1-4H,(H2,10,13). The number of halogens is 1. The lowest BCUT2D eigenvalue weighted by molar-refractivity contribution is 0.0996. The molecular weight excluding hydrogens is 173 g/mol. The van der Waals surface area contributed by atoms with Gasteiger partial charge >= 0.3 is 0 Å². The number of hydrogen-bond donors (Lipinski definition) is 1. The highest BCUT2D eigenvalue weighted by molar-refractivity contribution is 5.94. The Balaban J connectivity index is 2.76. The number of hydrogen-bond acceptors (Lipinski definition) is 2. The second kappa shape index (κ2) is 2.55. The molecule has 0 unspecified atom stereocenters. The van der Waals surface area contributed by atoms with Crippen LogP contribution in [0.4, 0.5) is 4.39 Å². The zero-order valence-electron chi connectivity index (χ0n) is 6.57. The molecule has 0 aliphatic rings. The molecule has 0 radical (unpaired) electrons. The summed E-state index contributed by atoms with van der Waals surface area (Å²) in [6.07, 6.45) is 2.63. The van der Waals surface area contributed by atoms with Gasteiger partial charge in [0.15, 0.2) is 5.82 Å². The van der Waals surface area contributed by atoms with Gasteiger partial charge in [-0.25, -0.2) is 8.91 Å². The largest absolute Gasteiger partial charge is 0.366 e. The summed E-state index contributed by atoms with van der Waals surface area (Å²) in [6, 6.07) is 3.02. The number of aromatic nitrogens is 2. The summed E-state index contributed by atoms with van der Waals surface area (Å²) < 4.78 is 14.4. The van der Waals surface area contributed by atoms with Crippen LogP contribution in [-0.2, 0) is 0 Å². The van der Waals surface area contributed by atoms with Crippen LogP contribution in [0.3, 0.4) is 0 Å². The van der Waals surface area contributed by atoms with Crippen molar-refractivity contribution < 1.29 is 9.18 Å². The summed E-state index contributed by atoms with van der Waals surface area (Å²) >= 11 is 0. The number of fused-ring (bicyclic) bond motifs is 1. The summed E-state index contributed by atoms with van der Waals surface area (Å²) in [5.41, 5.74) is 5.48. The number of carbonyl (C=O) groups is 1. The van der Waals surface area contributed by atoms with Gasteiger partial charge < -0.3 is 5.73 Å². The Hall–Kier alpha value is -1.91. The van der Waals surface area contributed by atoms with E-state index in [0.717, 1.165) is 6.20 Å². The van der Waals surface area contributed by atoms with Crippen molar-refractivity contribution in [2.24, 2.45) is 5.73 Å². The van der Waals surface area contributed by atoms with Crippen molar-refractivity contribution in [3.63, 3.8) is 0 Å². The maximum Gasteiger partial charge on any atom is 0.251 e. The van der Waals surface area contributed by atoms with Crippen molar-refractivity contribution in [1.82, 2.24) is 9.61 Å². The fourth-order valence-electron chi connectivity index (χ4n) is 1.13. The first-order valence-corrected chi connectivity index (χ1v) is 3.61. The molecule has 0 aliphatic carbocycles. The highest BCUT2D eigenvalue weighted by atomic mass is 19.1. The number of rotatable bonds is 1. The number of nitrogens with two attached hydrogens (primary N) is 1. The molecule has 2 aromatic heterocycles. The molecule has 2 heterocycles. The minimum absolute atomic E-state index is 0.118. The monoisotopic (exact) mass is 179 g/mol. The van der Waals surface area contributed by atoms with Gasteiger partial charge in [-0.15, -0.1) is 0 Å². The number of carbonyl (C=O) groups excluding carboxylic acids is 1. The third kappa shape index (κ3) is 1.14. The Morgan fingerprint density at radius 2 is 2.38 bits per heavy atom. The maximum atomic E-state index is 13.1. The second-order valence-electron chi connectivity index (χ2n) is 2.60. The minimum Gasteiger partial charge on any atom is -0.366 e. The molecule has 13 heavy (non-hydrogen) atoms. The molecule has 0 bridgehead atoms. The van der Waals surface area contributed by atoms with Gasteiger partial charge in [0.05, 0.1) is 17.3 Å². The predicted octanol–water partition coefficient (Wildman–Crippen LogP) is 0.572. The van der Waals surface area contributed by atoms with Crippen molar-refractivity contribution in [1.29, 1.82) is 0 Å². The first-order valence-electron chi connectivity index (χ1n) is 3.61. The summed E-state index contributed by atoms with van der Waals surface area (Å²) in [5.74, 6) is -1.44. The highest BCUT2D eigenvalue weighted by Crippen LogP contribution is 2.10. The molecule has 4 nitrogen and oxygen atoms in total. The van der Waals surface area contributed by atoms with Crippen LogP contribution >= 0.6 is 0 Å². The number of nitrogens with zero attached hydrogens (tertiary/aromatic N) is 2. The number of primary amides is 1. The lowest BCUT2D eigenvalue weighted by Gasteiger charge is -1.98. The SMILES string of the molecule is NC(=O)c1cc2ccnn2cc1F. The van der Waals surface area contributed by atoms with Crippen molar-refractivity contribution in [2.75, 3.05) is 0 Å². The van der Waals surface area contributed by atoms with E-state index in [1.807, 2.05) is 0 Å². The highest BCUT2D eigenvalue weighted by Gasteiger charge is 2.09. The topological polar surface area (TPSA) is 60.4 Å². The Kier molecular flexibility index (Phi) is 1.51. The summed E-state index contributed by atoms with van der Waals surface area (Å²) in [4.78, 5) is 10.7. The Bertz CT molecular complexity index is 477. The minimum atomic E-state index is -0.777. The van der Waals surface area contributed by atoms with E-state index in [-0.39, 0.29) is 5.56 Å². The Morgan fingerprint density at radius 1 is 1.62 bits per heavy atom. The summed E-state index contributed by atoms with van der Waals surface area (Å²) in [5, 5.41) is 3.80. The molecule has 1 amide bonds. The molecule has 0 saturated carbocycles. The average Bonchev–Trinajstić information content (AvgIpc) is 2.48. The summed E-state index contributed by atoms with van der Waals surface area (Å²) in [7, 11) is 0. The maximum absolute atomic E-state index is 13.1. The van der Waals surface area contributed by atoms with E-state index in [9.17, 15) is 9.18 Å². The van der Waals surface area contributed by atoms with Gasteiger partial charge in [-0.05, 0) is 12.1 Å². The lowest BCUT2D eigenvalue weighted by Crippen LogP contribution is -2.13. The quantitative estimate of drug-likeness (QED) is 0.695. The molecule has 2 rings (SSSR count). The molecular formula is C8H6FN3O. The van der Waals surface area contributed by atoms with Crippen LogP contribution in [0.25, 0.3) is 5.52 Å². The van der Waals surface area contributed by atoms with E-state index in [2.05, 4.69) is 5.10 Å². The predicted molar refractivity (Wildman–Crippen MR) is 43.7 cm³/mol. The van der Waals surface area contributed by atoms with Gasteiger partial charge in [0, 0.05) is 6.20 Å². The molecule has 0 fully saturated rings. The number of pyridine rings is 1. The molecule has 66 valence electrons. The van der Waals surface area contributed by atoms with Crippen LogP contribution in [0.2, 0.25) is 0 Å². The van der Waals surface area contributed by atoms with Crippen LogP contribution in [0.5, 0.6) is 0 Å². The van der Waals surface area contributed by atoms with Crippen LogP contribution < -0.4 is 5.73 Å². The molecule has 5 heteroatoms. The van der Waals surface area contributed by atoms with E-state index < -0.39 is 11.7 Å². The van der Waals surface area contributed by atoms with Crippen LogP contribution in [0.1, 0.15) is 10.4 Å². The van der Waals surface area contributed by atoms with Crippen molar-refractivity contribution in [3.05, 3.63) is 35.9 Å². The zero-order chi connectivity index (χ0) is 9.42. The fraction of sp³-hybridized carbons (Fsp3) is 0. The zero-order valence-corrected chi connectivity index (χ0v) is 6.57. The van der Waals surface area contributed by atoms with E-state index in [1.165, 1.54) is 16.8 Å². The summed E-state index contributed by atoms with van der Waals surface area (Å²) in [6.45, 7) is 0. The van der Waals surface area contributed by atoms with Gasteiger partial charge in [0.2, 0.25) is 0 Å². The average molecular weight is 179 g/mol.